The summed E-state index contributed by atoms with van der Waals surface area (Å²) in [6, 6.07) is 4.23. The average Bonchev–Trinajstić information content (AvgIpc) is 3.24. The maximum Gasteiger partial charge on any atom is 0.227 e. The largest absolute Gasteiger partial charge is 0.339 e. The highest BCUT2D eigenvalue weighted by molar-refractivity contribution is 7.13. The first-order valence-corrected chi connectivity index (χ1v) is 8.29. The number of hydrogen-bond donors (Lipinski definition) is 0. The van der Waals surface area contributed by atoms with E-state index in [1.54, 1.807) is 23.9 Å². The molecule has 0 N–H and O–H groups in total. The van der Waals surface area contributed by atoms with Crippen LogP contribution < -0.4 is 0 Å². The van der Waals surface area contributed by atoms with Crippen LogP contribution in [0.25, 0.3) is 10.7 Å². The summed E-state index contributed by atoms with van der Waals surface area (Å²) in [7, 11) is 0. The quantitative estimate of drug-likeness (QED) is 0.715. The first-order valence-electron chi connectivity index (χ1n) is 7.41. The number of carbonyl (C=O) groups excluding carboxylic acids is 1. The van der Waals surface area contributed by atoms with E-state index >= 15 is 0 Å². The minimum atomic E-state index is 0.122. The van der Waals surface area contributed by atoms with Crippen LogP contribution in [0.2, 0.25) is 0 Å². The molecule has 0 spiro atoms. The van der Waals surface area contributed by atoms with E-state index in [4.69, 9.17) is 4.52 Å². The minimum Gasteiger partial charge on any atom is -0.339 e. The molecule has 118 valence electrons. The first-order chi connectivity index (χ1) is 11.3. The topological polar surface area (TPSA) is 77.0 Å². The predicted octanol–water partition coefficient (Wildman–Crippen LogP) is 2.01. The molecular formula is C15H15N5O2S. The van der Waals surface area contributed by atoms with Crippen LogP contribution in [0.5, 0.6) is 0 Å². The summed E-state index contributed by atoms with van der Waals surface area (Å²) in [6.45, 7) is 1.47. The van der Waals surface area contributed by atoms with Gasteiger partial charge in [-0.15, -0.1) is 11.3 Å². The van der Waals surface area contributed by atoms with Crippen LogP contribution in [0.15, 0.2) is 40.8 Å². The molecule has 1 amide bonds. The second kappa shape index (κ2) is 5.96. The molecule has 4 rings (SSSR count). The summed E-state index contributed by atoms with van der Waals surface area (Å²) >= 11 is 1.56. The zero-order valence-electron chi connectivity index (χ0n) is 12.3. The highest BCUT2D eigenvalue weighted by Gasteiger charge is 2.31. The number of nitrogens with zero attached hydrogens (tertiary/aromatic N) is 5. The van der Waals surface area contributed by atoms with Gasteiger partial charge in [0.05, 0.1) is 17.2 Å². The second-order valence-corrected chi connectivity index (χ2v) is 6.40. The van der Waals surface area contributed by atoms with E-state index in [0.717, 1.165) is 18.0 Å². The molecule has 0 bridgehead atoms. The lowest BCUT2D eigenvalue weighted by molar-refractivity contribution is -0.137. The fourth-order valence-electron chi connectivity index (χ4n) is 2.57. The number of imidazole rings is 1. The Labute approximate surface area is 136 Å². The van der Waals surface area contributed by atoms with E-state index in [1.807, 2.05) is 33.2 Å². The molecule has 0 aromatic carbocycles. The van der Waals surface area contributed by atoms with Crippen molar-refractivity contribution in [3.63, 3.8) is 0 Å². The molecule has 0 radical (unpaired) electrons. The molecule has 1 aliphatic heterocycles. The van der Waals surface area contributed by atoms with Gasteiger partial charge >= 0.3 is 0 Å². The zero-order valence-corrected chi connectivity index (χ0v) is 13.1. The maximum atomic E-state index is 12.2. The van der Waals surface area contributed by atoms with Gasteiger partial charge in [0.1, 0.15) is 0 Å². The summed E-state index contributed by atoms with van der Waals surface area (Å²) in [5.41, 5.74) is 0. The van der Waals surface area contributed by atoms with Gasteiger partial charge in [0.15, 0.2) is 0 Å². The summed E-state index contributed by atoms with van der Waals surface area (Å²) in [5.74, 6) is 1.22. The fraction of sp³-hybridized carbons (Fsp3) is 0.333. The lowest BCUT2D eigenvalue weighted by atomic mass is 10.1. The standard InChI is InChI=1S/C15H15N5O2S/c21-14(20-8-11(9-20)19-6-5-16-10-19)4-3-13-17-15(18-22-13)12-2-1-7-23-12/h1-2,5-7,10-11H,3-4,8-9H2. The zero-order chi connectivity index (χ0) is 15.6. The molecule has 0 unspecified atom stereocenters. The number of aryl methyl sites for hydroxylation is 1. The van der Waals surface area contributed by atoms with Gasteiger partial charge in [-0.2, -0.15) is 4.98 Å². The molecule has 0 saturated carbocycles. The van der Waals surface area contributed by atoms with Gasteiger partial charge in [-0.05, 0) is 11.4 Å². The highest BCUT2D eigenvalue weighted by atomic mass is 32.1. The molecular weight excluding hydrogens is 314 g/mol. The normalized spacial score (nSPS) is 14.9. The van der Waals surface area contributed by atoms with Crippen molar-refractivity contribution in [3.05, 3.63) is 42.1 Å². The monoisotopic (exact) mass is 329 g/mol. The van der Waals surface area contributed by atoms with Crippen molar-refractivity contribution in [2.45, 2.75) is 18.9 Å². The van der Waals surface area contributed by atoms with Crippen molar-refractivity contribution in [1.29, 1.82) is 0 Å². The van der Waals surface area contributed by atoms with Gasteiger partial charge < -0.3 is 14.0 Å². The molecule has 3 aromatic heterocycles. The third-order valence-corrected chi connectivity index (χ3v) is 4.79. The van der Waals surface area contributed by atoms with E-state index in [9.17, 15) is 4.79 Å². The Morgan fingerprint density at radius 2 is 2.35 bits per heavy atom. The third kappa shape index (κ3) is 2.89. The Kier molecular flexibility index (Phi) is 3.66. The number of amides is 1. The highest BCUT2D eigenvalue weighted by Crippen LogP contribution is 2.23. The minimum absolute atomic E-state index is 0.122. The summed E-state index contributed by atoms with van der Waals surface area (Å²) in [5, 5.41) is 5.92. The molecule has 0 atom stereocenters. The summed E-state index contributed by atoms with van der Waals surface area (Å²) in [6.07, 6.45) is 6.34. The van der Waals surface area contributed by atoms with Crippen LogP contribution in [0.4, 0.5) is 0 Å². The van der Waals surface area contributed by atoms with Crippen molar-refractivity contribution >= 4 is 17.2 Å². The molecule has 1 fully saturated rings. The van der Waals surface area contributed by atoms with E-state index < -0.39 is 0 Å². The van der Waals surface area contributed by atoms with Crippen LogP contribution in [0.3, 0.4) is 0 Å². The third-order valence-electron chi connectivity index (χ3n) is 3.92. The van der Waals surface area contributed by atoms with Crippen molar-refractivity contribution in [2.24, 2.45) is 0 Å². The average molecular weight is 329 g/mol. The Balaban J connectivity index is 1.28. The number of aromatic nitrogens is 4. The second-order valence-electron chi connectivity index (χ2n) is 5.45. The molecule has 1 saturated heterocycles. The Hall–Kier alpha value is -2.48. The number of rotatable bonds is 5. The van der Waals surface area contributed by atoms with Crippen molar-refractivity contribution in [1.82, 2.24) is 24.6 Å². The Morgan fingerprint density at radius 3 is 3.09 bits per heavy atom. The maximum absolute atomic E-state index is 12.2. The van der Waals surface area contributed by atoms with Crippen LogP contribution in [-0.4, -0.2) is 43.6 Å². The van der Waals surface area contributed by atoms with Gasteiger partial charge in [0.25, 0.3) is 0 Å². The number of carbonyl (C=O) groups is 1. The predicted molar refractivity (Wildman–Crippen MR) is 83.8 cm³/mol. The van der Waals surface area contributed by atoms with Crippen LogP contribution in [-0.2, 0) is 11.2 Å². The first kappa shape index (κ1) is 14.1. The van der Waals surface area contributed by atoms with Crippen LogP contribution in [0, 0.1) is 0 Å². The van der Waals surface area contributed by atoms with Gasteiger partial charge in [-0.25, -0.2) is 4.98 Å². The molecule has 3 aromatic rings. The summed E-state index contributed by atoms with van der Waals surface area (Å²) in [4.78, 5) is 23.3. The molecule has 23 heavy (non-hydrogen) atoms. The Morgan fingerprint density at radius 1 is 1.43 bits per heavy atom. The summed E-state index contributed by atoms with van der Waals surface area (Å²) < 4.78 is 7.25. The number of thiophene rings is 1. The van der Waals surface area contributed by atoms with E-state index in [-0.39, 0.29) is 5.91 Å². The van der Waals surface area contributed by atoms with Crippen LogP contribution in [0.1, 0.15) is 18.4 Å². The smallest absolute Gasteiger partial charge is 0.227 e. The van der Waals surface area contributed by atoms with Gasteiger partial charge in [-0.1, -0.05) is 11.2 Å². The van der Waals surface area contributed by atoms with Gasteiger partial charge in [-0.3, -0.25) is 4.79 Å². The lowest BCUT2D eigenvalue weighted by Gasteiger charge is -2.39. The lowest BCUT2D eigenvalue weighted by Crippen LogP contribution is -2.50. The molecule has 4 heterocycles. The number of hydrogen-bond acceptors (Lipinski definition) is 6. The SMILES string of the molecule is O=C(CCc1nc(-c2cccs2)no1)N1CC(n2ccnc2)C1. The van der Waals surface area contributed by atoms with E-state index in [0.29, 0.717) is 30.6 Å². The molecule has 7 nitrogen and oxygen atoms in total. The molecule has 8 heteroatoms. The fourth-order valence-corrected chi connectivity index (χ4v) is 3.22. The van der Waals surface area contributed by atoms with Crippen molar-refractivity contribution in [2.75, 3.05) is 13.1 Å². The van der Waals surface area contributed by atoms with E-state index in [2.05, 4.69) is 15.1 Å². The Bertz CT molecular complexity index is 775. The van der Waals surface area contributed by atoms with Gasteiger partial charge in [0, 0.05) is 38.3 Å². The van der Waals surface area contributed by atoms with E-state index in [1.165, 1.54) is 0 Å². The van der Waals surface area contributed by atoms with Crippen molar-refractivity contribution in [3.8, 4) is 10.7 Å². The molecule has 1 aliphatic rings. The van der Waals surface area contributed by atoms with Gasteiger partial charge in [0.2, 0.25) is 17.6 Å². The number of likely N-dealkylation sites (tertiary alicyclic amines) is 1. The molecule has 0 aliphatic carbocycles. The van der Waals surface area contributed by atoms with Crippen LogP contribution >= 0.6 is 11.3 Å². The van der Waals surface area contributed by atoms with Crippen molar-refractivity contribution < 1.29 is 9.32 Å².